The first-order valence-electron chi connectivity index (χ1n) is 6.90. The second-order valence-corrected chi connectivity index (χ2v) is 10.5. The molecule has 0 atom stereocenters. The van der Waals surface area contributed by atoms with Crippen LogP contribution in [-0.4, -0.2) is 37.0 Å². The number of rotatable bonds is 6. The van der Waals surface area contributed by atoms with Crippen molar-refractivity contribution in [1.82, 2.24) is 0 Å². The van der Waals surface area contributed by atoms with E-state index in [1.165, 1.54) is 0 Å². The minimum atomic E-state index is 0.533. The Hall–Kier alpha value is 0.860. The first-order chi connectivity index (χ1) is 7.45. The van der Waals surface area contributed by atoms with Crippen molar-refractivity contribution in [2.24, 2.45) is 0 Å². The van der Waals surface area contributed by atoms with E-state index < -0.39 is 0 Å². The van der Waals surface area contributed by atoms with E-state index in [0.717, 1.165) is 0 Å². The van der Waals surface area contributed by atoms with Crippen LogP contribution in [0.5, 0.6) is 0 Å². The van der Waals surface area contributed by atoms with Gasteiger partial charge in [0.15, 0.2) is 0 Å². The normalized spacial score (nSPS) is 24.0. The summed E-state index contributed by atoms with van der Waals surface area (Å²) < 4.78 is 0. The third kappa shape index (κ3) is 4.70. The Kier molecular flexibility index (Phi) is 5.94. The highest BCUT2D eigenvalue weighted by Gasteiger charge is 2.14. The van der Waals surface area contributed by atoms with Crippen molar-refractivity contribution in [3.8, 4) is 0 Å². The molecule has 88 valence electrons. The summed E-state index contributed by atoms with van der Waals surface area (Å²) in [5.74, 6) is 0. The van der Waals surface area contributed by atoms with Crippen LogP contribution in [0.15, 0.2) is 0 Å². The maximum atomic E-state index is 1.62. The van der Waals surface area contributed by atoms with E-state index in [0.29, 0.717) is 15.8 Å². The fourth-order valence-electron chi connectivity index (χ4n) is 2.86. The summed E-state index contributed by atoms with van der Waals surface area (Å²) in [5.41, 5.74) is 0. The molecule has 0 radical (unpaired) electrons. The molecule has 2 heterocycles. The molecule has 0 aliphatic carbocycles. The molecule has 0 nitrogen and oxygen atoms in total. The monoisotopic (exact) mass is 244 g/mol. The summed E-state index contributed by atoms with van der Waals surface area (Å²) in [7, 11) is 1.07. The summed E-state index contributed by atoms with van der Waals surface area (Å²) in [5, 5.41) is 0. The fraction of sp³-hybridized carbons (Fsp3) is 1.00. The lowest BCUT2D eigenvalue weighted by molar-refractivity contribution is 0.779. The zero-order chi connectivity index (χ0) is 10.3. The molecule has 0 spiro atoms. The number of hydrogen-bond donors (Lipinski definition) is 0. The molecule has 0 aromatic heterocycles. The van der Waals surface area contributed by atoms with Crippen molar-refractivity contribution in [3.05, 3.63) is 0 Å². The van der Waals surface area contributed by atoms with Gasteiger partial charge in [-0.25, -0.2) is 0 Å². The summed E-state index contributed by atoms with van der Waals surface area (Å²) in [6.45, 7) is 0. The Labute approximate surface area is 98.1 Å². The lowest BCUT2D eigenvalue weighted by atomic mass is 10.3. The Morgan fingerprint density at radius 2 is 0.933 bits per heavy atom. The maximum Gasteiger partial charge on any atom is -0.0326 e. The Balaban J connectivity index is 1.41. The molecule has 0 bridgehead atoms. The molecule has 0 unspecified atom stereocenters. The van der Waals surface area contributed by atoms with Crippen LogP contribution in [-0.2, 0) is 0 Å². The van der Waals surface area contributed by atoms with Gasteiger partial charge in [0.05, 0.1) is 0 Å². The zero-order valence-electron chi connectivity index (χ0n) is 10.1. The van der Waals surface area contributed by atoms with Gasteiger partial charge in [-0.1, -0.05) is 6.42 Å². The van der Waals surface area contributed by atoms with E-state index in [1.54, 1.807) is 81.9 Å². The second kappa shape index (κ2) is 7.24. The standard InChI is InChI=1S/C13H26P2/c1(2-8-14-10-4-5-11-14)3-9-15-12-6-7-13-15/h1-13H2. The quantitative estimate of drug-likeness (QED) is 0.469. The molecular weight excluding hydrogens is 218 g/mol. The van der Waals surface area contributed by atoms with Gasteiger partial charge in [0, 0.05) is 0 Å². The van der Waals surface area contributed by atoms with E-state index >= 15 is 0 Å². The summed E-state index contributed by atoms with van der Waals surface area (Å²) in [6.07, 6.45) is 20.6. The van der Waals surface area contributed by atoms with Gasteiger partial charge < -0.3 is 0 Å². The van der Waals surface area contributed by atoms with Gasteiger partial charge in [-0.05, 0) is 75.5 Å². The molecule has 0 N–H and O–H groups in total. The highest BCUT2D eigenvalue weighted by Crippen LogP contribution is 2.45. The van der Waals surface area contributed by atoms with Crippen LogP contribution < -0.4 is 0 Å². The highest BCUT2D eigenvalue weighted by molar-refractivity contribution is 7.58. The molecule has 0 aromatic carbocycles. The molecule has 2 heteroatoms. The molecule has 2 rings (SSSR count). The molecule has 2 aliphatic rings. The molecule has 2 aliphatic heterocycles. The largest absolute Gasteiger partial charge is 0.107 e. The van der Waals surface area contributed by atoms with Crippen LogP contribution in [0.4, 0.5) is 0 Å². The third-order valence-electron chi connectivity index (χ3n) is 3.85. The molecule has 2 saturated heterocycles. The lowest BCUT2D eigenvalue weighted by Gasteiger charge is -2.11. The third-order valence-corrected chi connectivity index (χ3v) is 9.54. The van der Waals surface area contributed by atoms with E-state index in [2.05, 4.69) is 0 Å². The highest BCUT2D eigenvalue weighted by atomic mass is 31.1. The minimum absolute atomic E-state index is 0.533. The van der Waals surface area contributed by atoms with Gasteiger partial charge in [-0.3, -0.25) is 0 Å². The van der Waals surface area contributed by atoms with Gasteiger partial charge in [-0.2, -0.15) is 0 Å². The first kappa shape index (κ1) is 12.3. The molecule has 2 fully saturated rings. The first-order valence-corrected chi connectivity index (χ1v) is 10.7. The average molecular weight is 244 g/mol. The average Bonchev–Trinajstić information content (AvgIpc) is 2.88. The van der Waals surface area contributed by atoms with Gasteiger partial charge in [0.2, 0.25) is 0 Å². The van der Waals surface area contributed by atoms with Crippen molar-refractivity contribution >= 4 is 15.8 Å². The van der Waals surface area contributed by atoms with E-state index in [-0.39, 0.29) is 0 Å². The van der Waals surface area contributed by atoms with Crippen LogP contribution in [0, 0.1) is 0 Å². The van der Waals surface area contributed by atoms with Crippen molar-refractivity contribution in [3.63, 3.8) is 0 Å². The SMILES string of the molecule is C(CCP1CCCC1)CCP1CCCC1. The van der Waals surface area contributed by atoms with E-state index in [9.17, 15) is 0 Å². The summed E-state index contributed by atoms with van der Waals surface area (Å²) >= 11 is 0. The van der Waals surface area contributed by atoms with Crippen LogP contribution in [0.1, 0.15) is 44.9 Å². The number of unbranched alkanes of at least 4 members (excludes halogenated alkanes) is 2. The topological polar surface area (TPSA) is 0 Å². The molecule has 15 heavy (non-hydrogen) atoms. The van der Waals surface area contributed by atoms with Gasteiger partial charge in [0.1, 0.15) is 0 Å². The van der Waals surface area contributed by atoms with Crippen molar-refractivity contribution in [1.29, 1.82) is 0 Å². The van der Waals surface area contributed by atoms with Crippen LogP contribution in [0.2, 0.25) is 0 Å². The van der Waals surface area contributed by atoms with Gasteiger partial charge in [-0.15, -0.1) is 15.8 Å². The van der Waals surface area contributed by atoms with Crippen LogP contribution >= 0.6 is 15.8 Å². The Morgan fingerprint density at radius 1 is 0.533 bits per heavy atom. The molecule has 0 aromatic rings. The van der Waals surface area contributed by atoms with Gasteiger partial charge >= 0.3 is 0 Å². The maximum absolute atomic E-state index is 1.62. The molecule has 0 saturated carbocycles. The molecular formula is C13H26P2. The Morgan fingerprint density at radius 3 is 1.33 bits per heavy atom. The van der Waals surface area contributed by atoms with Crippen molar-refractivity contribution < 1.29 is 0 Å². The predicted octanol–water partition coefficient (Wildman–Crippen LogP) is 4.71. The second-order valence-electron chi connectivity index (χ2n) is 5.16. The van der Waals surface area contributed by atoms with Crippen molar-refractivity contribution in [2.45, 2.75) is 44.9 Å². The van der Waals surface area contributed by atoms with E-state index in [4.69, 9.17) is 0 Å². The lowest BCUT2D eigenvalue weighted by Crippen LogP contribution is -1.90. The predicted molar refractivity (Wildman–Crippen MR) is 75.4 cm³/mol. The number of hydrogen-bond acceptors (Lipinski definition) is 0. The van der Waals surface area contributed by atoms with Crippen molar-refractivity contribution in [2.75, 3.05) is 37.0 Å². The summed E-state index contributed by atoms with van der Waals surface area (Å²) in [6, 6.07) is 0. The smallest absolute Gasteiger partial charge is 0.0326 e. The summed E-state index contributed by atoms with van der Waals surface area (Å²) in [4.78, 5) is 0. The fourth-order valence-corrected chi connectivity index (χ4v) is 8.23. The van der Waals surface area contributed by atoms with Gasteiger partial charge in [0.25, 0.3) is 0 Å². The zero-order valence-corrected chi connectivity index (χ0v) is 11.9. The minimum Gasteiger partial charge on any atom is -0.107 e. The molecule has 0 amide bonds. The van der Waals surface area contributed by atoms with E-state index in [1.807, 2.05) is 0 Å². The van der Waals surface area contributed by atoms with Crippen LogP contribution in [0.3, 0.4) is 0 Å². The Bertz CT molecular complexity index is 140. The van der Waals surface area contributed by atoms with Crippen LogP contribution in [0.25, 0.3) is 0 Å².